The molecule has 144 valence electrons. The van der Waals surface area contributed by atoms with Crippen molar-refractivity contribution >= 4 is 35.1 Å². The second kappa shape index (κ2) is 9.35. The van der Waals surface area contributed by atoms with Crippen molar-refractivity contribution in [2.24, 2.45) is 0 Å². The van der Waals surface area contributed by atoms with Crippen LogP contribution in [0.15, 0.2) is 47.4 Å². The maximum atomic E-state index is 12.5. The molecule has 5 nitrogen and oxygen atoms in total. The predicted octanol–water partition coefficient (Wildman–Crippen LogP) is 4.42. The first-order valence-electron chi connectivity index (χ1n) is 8.84. The van der Waals surface area contributed by atoms with Crippen molar-refractivity contribution < 1.29 is 9.53 Å². The molecule has 0 radical (unpaired) electrons. The van der Waals surface area contributed by atoms with Crippen molar-refractivity contribution in [3.63, 3.8) is 0 Å². The summed E-state index contributed by atoms with van der Waals surface area (Å²) in [5.41, 5.74) is 1.90. The lowest BCUT2D eigenvalue weighted by atomic mass is 10.1. The van der Waals surface area contributed by atoms with E-state index in [0.717, 1.165) is 41.5 Å². The summed E-state index contributed by atoms with van der Waals surface area (Å²) >= 11 is 7.78. The largest absolute Gasteiger partial charge is 0.496 e. The van der Waals surface area contributed by atoms with E-state index in [1.165, 1.54) is 0 Å². The number of urea groups is 1. The van der Waals surface area contributed by atoms with Crippen LogP contribution in [0.5, 0.6) is 5.75 Å². The Morgan fingerprint density at radius 1 is 1.19 bits per heavy atom. The van der Waals surface area contributed by atoms with Crippen LogP contribution in [-0.2, 0) is 6.54 Å². The number of anilines is 1. The first-order valence-corrected chi connectivity index (χ1v) is 10.4. The molecule has 27 heavy (non-hydrogen) atoms. The molecule has 1 aliphatic rings. The molecule has 0 atom stereocenters. The first kappa shape index (κ1) is 19.9. The monoisotopic (exact) mass is 405 g/mol. The van der Waals surface area contributed by atoms with Gasteiger partial charge in [-0.05, 0) is 42.7 Å². The highest BCUT2D eigenvalue weighted by atomic mass is 35.5. The van der Waals surface area contributed by atoms with E-state index < -0.39 is 0 Å². The summed E-state index contributed by atoms with van der Waals surface area (Å²) < 4.78 is 5.42. The summed E-state index contributed by atoms with van der Waals surface area (Å²) in [6.45, 7) is 3.77. The fraction of sp³-hybridized carbons (Fsp3) is 0.350. The van der Waals surface area contributed by atoms with E-state index in [-0.39, 0.29) is 6.03 Å². The van der Waals surface area contributed by atoms with Crippen LogP contribution in [0.4, 0.5) is 10.5 Å². The zero-order valence-electron chi connectivity index (χ0n) is 15.6. The van der Waals surface area contributed by atoms with Crippen molar-refractivity contribution in [2.75, 3.05) is 44.9 Å². The quantitative estimate of drug-likeness (QED) is 0.748. The zero-order valence-corrected chi connectivity index (χ0v) is 17.1. The number of piperazine rings is 1. The number of carbonyl (C=O) groups excluding carboxylic acids is 1. The number of rotatable bonds is 5. The van der Waals surface area contributed by atoms with E-state index >= 15 is 0 Å². The van der Waals surface area contributed by atoms with Gasteiger partial charge in [-0.1, -0.05) is 17.7 Å². The summed E-state index contributed by atoms with van der Waals surface area (Å²) in [5.74, 6) is 0.841. The van der Waals surface area contributed by atoms with Crippen LogP contribution in [0, 0.1) is 0 Å². The zero-order chi connectivity index (χ0) is 19.2. The Kier molecular flexibility index (Phi) is 6.88. The summed E-state index contributed by atoms with van der Waals surface area (Å²) in [6.07, 6.45) is 2.02. The highest BCUT2D eigenvalue weighted by molar-refractivity contribution is 7.98. The molecule has 0 unspecified atom stereocenters. The molecule has 3 rings (SSSR count). The van der Waals surface area contributed by atoms with Gasteiger partial charge in [0, 0.05) is 53.9 Å². The van der Waals surface area contributed by atoms with Crippen molar-refractivity contribution in [1.29, 1.82) is 0 Å². The second-order valence-electron chi connectivity index (χ2n) is 6.38. The minimum atomic E-state index is -0.0479. The van der Waals surface area contributed by atoms with Crippen LogP contribution in [-0.4, -0.2) is 55.4 Å². The van der Waals surface area contributed by atoms with Gasteiger partial charge in [-0.25, -0.2) is 4.79 Å². The molecule has 1 N–H and O–H groups in total. The highest BCUT2D eigenvalue weighted by Crippen LogP contribution is 2.24. The summed E-state index contributed by atoms with van der Waals surface area (Å²) in [6, 6.07) is 13.5. The van der Waals surface area contributed by atoms with E-state index in [0.29, 0.717) is 18.1 Å². The Balaban J connectivity index is 1.54. The van der Waals surface area contributed by atoms with Gasteiger partial charge in [-0.15, -0.1) is 11.8 Å². The van der Waals surface area contributed by atoms with Gasteiger partial charge in [0.25, 0.3) is 0 Å². The molecule has 0 saturated carbocycles. The van der Waals surface area contributed by atoms with Gasteiger partial charge in [0.05, 0.1) is 7.11 Å². The van der Waals surface area contributed by atoms with Gasteiger partial charge >= 0.3 is 6.03 Å². The number of amides is 2. The van der Waals surface area contributed by atoms with Crippen LogP contribution in [0.3, 0.4) is 0 Å². The van der Waals surface area contributed by atoms with Crippen LogP contribution >= 0.6 is 23.4 Å². The number of benzene rings is 2. The maximum absolute atomic E-state index is 12.5. The van der Waals surface area contributed by atoms with Crippen molar-refractivity contribution in [2.45, 2.75) is 11.4 Å². The third-order valence-electron chi connectivity index (χ3n) is 4.62. The molecular weight excluding hydrogens is 382 g/mol. The molecule has 2 aromatic rings. The molecule has 0 bridgehead atoms. The summed E-state index contributed by atoms with van der Waals surface area (Å²) in [4.78, 5) is 17.8. The third kappa shape index (κ3) is 5.31. The first-order chi connectivity index (χ1) is 13.1. The molecular formula is C20H24ClN3O2S. The maximum Gasteiger partial charge on any atom is 0.321 e. The number of hydrogen-bond donors (Lipinski definition) is 1. The van der Waals surface area contributed by atoms with Gasteiger partial charge in [0.2, 0.25) is 0 Å². The standard InChI is InChI=1S/C20H24ClN3O2S/c1-26-19-7-6-16(21)12-15(19)14-23-8-10-24(11-9-23)20(25)22-17-4-3-5-18(13-17)27-2/h3-7,12-13H,8-11,14H2,1-2H3,(H,22,25). The molecule has 0 aliphatic carbocycles. The van der Waals surface area contributed by atoms with E-state index in [1.54, 1.807) is 18.9 Å². The second-order valence-corrected chi connectivity index (χ2v) is 7.70. The Bertz CT molecular complexity index is 795. The van der Waals surface area contributed by atoms with Gasteiger partial charge in [-0.2, -0.15) is 0 Å². The Labute approximate surface area is 169 Å². The number of carbonyl (C=O) groups is 1. The SMILES string of the molecule is COc1ccc(Cl)cc1CN1CCN(C(=O)Nc2cccc(SC)c2)CC1. The Morgan fingerprint density at radius 2 is 1.96 bits per heavy atom. The smallest absolute Gasteiger partial charge is 0.321 e. The van der Waals surface area contributed by atoms with Crippen molar-refractivity contribution in [1.82, 2.24) is 9.80 Å². The normalized spacial score (nSPS) is 14.9. The highest BCUT2D eigenvalue weighted by Gasteiger charge is 2.22. The average molecular weight is 406 g/mol. The molecule has 1 heterocycles. The number of ether oxygens (including phenoxy) is 1. The minimum Gasteiger partial charge on any atom is -0.496 e. The summed E-state index contributed by atoms with van der Waals surface area (Å²) in [7, 11) is 1.67. The van der Waals surface area contributed by atoms with Crippen LogP contribution < -0.4 is 10.1 Å². The van der Waals surface area contributed by atoms with E-state index in [1.807, 2.05) is 53.6 Å². The topological polar surface area (TPSA) is 44.8 Å². The van der Waals surface area contributed by atoms with Gasteiger partial charge < -0.3 is 15.0 Å². The van der Waals surface area contributed by atoms with Gasteiger partial charge in [-0.3, -0.25) is 4.90 Å². The number of methoxy groups -OCH3 is 1. The van der Waals surface area contributed by atoms with Gasteiger partial charge in [0.15, 0.2) is 0 Å². The van der Waals surface area contributed by atoms with Crippen molar-refractivity contribution in [3.05, 3.63) is 53.1 Å². The number of nitrogens with one attached hydrogen (secondary N) is 1. The molecule has 1 aliphatic heterocycles. The molecule has 0 spiro atoms. The van der Waals surface area contributed by atoms with E-state index in [9.17, 15) is 4.79 Å². The lowest BCUT2D eigenvalue weighted by Crippen LogP contribution is -2.49. The Hall–Kier alpha value is -1.89. The molecule has 1 saturated heterocycles. The van der Waals surface area contributed by atoms with Crippen molar-refractivity contribution in [3.8, 4) is 5.75 Å². The molecule has 7 heteroatoms. The van der Waals surface area contributed by atoms with E-state index in [2.05, 4.69) is 10.2 Å². The van der Waals surface area contributed by atoms with Gasteiger partial charge in [0.1, 0.15) is 5.75 Å². The summed E-state index contributed by atoms with van der Waals surface area (Å²) in [5, 5.41) is 3.70. The lowest BCUT2D eigenvalue weighted by Gasteiger charge is -2.35. The number of nitrogens with zero attached hydrogens (tertiary/aromatic N) is 2. The predicted molar refractivity (Wildman–Crippen MR) is 112 cm³/mol. The number of thioether (sulfide) groups is 1. The third-order valence-corrected chi connectivity index (χ3v) is 5.58. The number of hydrogen-bond acceptors (Lipinski definition) is 4. The Morgan fingerprint density at radius 3 is 2.67 bits per heavy atom. The number of halogens is 1. The average Bonchev–Trinajstić information content (AvgIpc) is 2.69. The van der Waals surface area contributed by atoms with Crippen LogP contribution in [0.1, 0.15) is 5.56 Å². The molecule has 2 amide bonds. The lowest BCUT2D eigenvalue weighted by molar-refractivity contribution is 0.142. The fourth-order valence-electron chi connectivity index (χ4n) is 3.12. The van der Waals surface area contributed by atoms with E-state index in [4.69, 9.17) is 16.3 Å². The molecule has 0 aromatic heterocycles. The van der Waals surface area contributed by atoms with Crippen LogP contribution in [0.2, 0.25) is 5.02 Å². The van der Waals surface area contributed by atoms with Crippen LogP contribution in [0.25, 0.3) is 0 Å². The fourth-order valence-corrected chi connectivity index (χ4v) is 3.78. The molecule has 2 aromatic carbocycles. The minimum absolute atomic E-state index is 0.0479. The molecule has 1 fully saturated rings.